The van der Waals surface area contributed by atoms with Crippen LogP contribution in [0.25, 0.3) is 5.69 Å². The van der Waals surface area contributed by atoms with Gasteiger partial charge in [-0.25, -0.2) is 8.42 Å². The molecule has 0 aliphatic rings. The van der Waals surface area contributed by atoms with Crippen molar-refractivity contribution in [2.75, 3.05) is 19.1 Å². The Morgan fingerprint density at radius 1 is 1.33 bits per heavy atom. The van der Waals surface area contributed by atoms with Crippen LogP contribution in [0.3, 0.4) is 0 Å². The van der Waals surface area contributed by atoms with E-state index in [-0.39, 0.29) is 12.3 Å². The Morgan fingerprint density at radius 2 is 2.00 bits per heavy atom. The fourth-order valence-electron chi connectivity index (χ4n) is 2.00. The van der Waals surface area contributed by atoms with Crippen LogP contribution in [0.5, 0.6) is 0 Å². The fourth-order valence-corrected chi connectivity index (χ4v) is 3.03. The summed E-state index contributed by atoms with van der Waals surface area (Å²) in [5.41, 5.74) is 1.73. The van der Waals surface area contributed by atoms with Crippen LogP contribution < -0.4 is 0 Å². The van der Waals surface area contributed by atoms with Crippen LogP contribution in [0.2, 0.25) is 0 Å². The Kier molecular flexibility index (Phi) is 5.62. The van der Waals surface area contributed by atoms with Gasteiger partial charge < -0.3 is 5.11 Å². The second-order valence-electron chi connectivity index (χ2n) is 5.22. The number of thioether (sulfide) groups is 1. The highest BCUT2D eigenvalue weighted by atomic mass is 32.2. The number of carbonyl (C=O) groups is 1. The van der Waals surface area contributed by atoms with Gasteiger partial charge in [0.05, 0.1) is 24.2 Å². The van der Waals surface area contributed by atoms with E-state index in [0.29, 0.717) is 11.0 Å². The summed E-state index contributed by atoms with van der Waals surface area (Å²) in [5.74, 6) is -0.703. The van der Waals surface area contributed by atoms with Crippen LogP contribution in [0, 0.1) is 6.92 Å². The second-order valence-corrected chi connectivity index (χ2v) is 8.25. The SMILES string of the molecule is Cc1ccccc1-n1c(CN(C)S(C)(=O)=O)nnc1SCC(=O)O. The molecule has 0 spiro atoms. The molecule has 0 saturated heterocycles. The minimum atomic E-state index is -3.38. The first-order valence-corrected chi connectivity index (χ1v) is 9.79. The number of hydrogen-bond donors (Lipinski definition) is 1. The lowest BCUT2D eigenvalue weighted by molar-refractivity contribution is -0.133. The summed E-state index contributed by atoms with van der Waals surface area (Å²) < 4.78 is 26.2. The third-order valence-corrected chi connectivity index (χ3v) is 5.49. The lowest BCUT2D eigenvalue weighted by Gasteiger charge is -2.16. The van der Waals surface area contributed by atoms with E-state index in [0.717, 1.165) is 33.6 Å². The summed E-state index contributed by atoms with van der Waals surface area (Å²) in [6.07, 6.45) is 1.11. The molecule has 0 aliphatic carbocycles. The molecule has 0 atom stereocenters. The summed E-state index contributed by atoms with van der Waals surface area (Å²) in [6, 6.07) is 7.49. The van der Waals surface area contributed by atoms with E-state index in [9.17, 15) is 13.2 Å². The van der Waals surface area contributed by atoms with Gasteiger partial charge in [-0.2, -0.15) is 4.31 Å². The third-order valence-electron chi connectivity index (χ3n) is 3.31. The number of aromatic nitrogens is 3. The number of carboxylic acids is 1. The van der Waals surface area contributed by atoms with Crippen molar-refractivity contribution in [2.24, 2.45) is 0 Å². The quantitative estimate of drug-likeness (QED) is 0.729. The largest absolute Gasteiger partial charge is 0.481 e. The first-order chi connectivity index (χ1) is 11.2. The zero-order chi connectivity index (χ0) is 17.9. The number of benzene rings is 1. The molecule has 1 N–H and O–H groups in total. The first-order valence-electron chi connectivity index (χ1n) is 6.96. The van der Waals surface area contributed by atoms with Gasteiger partial charge in [0.2, 0.25) is 10.0 Å². The molecule has 0 unspecified atom stereocenters. The van der Waals surface area contributed by atoms with Crippen LogP contribution >= 0.6 is 11.8 Å². The van der Waals surface area contributed by atoms with E-state index in [1.807, 2.05) is 31.2 Å². The van der Waals surface area contributed by atoms with Crippen molar-refractivity contribution in [3.63, 3.8) is 0 Å². The maximum Gasteiger partial charge on any atom is 0.313 e. The molecule has 0 bridgehead atoms. The van der Waals surface area contributed by atoms with Crippen LogP contribution in [0.4, 0.5) is 0 Å². The Labute approximate surface area is 144 Å². The van der Waals surface area contributed by atoms with E-state index in [2.05, 4.69) is 10.2 Å². The average Bonchev–Trinajstić information content (AvgIpc) is 2.87. The van der Waals surface area contributed by atoms with Crippen molar-refractivity contribution in [3.05, 3.63) is 35.7 Å². The lowest BCUT2D eigenvalue weighted by atomic mass is 10.2. The summed E-state index contributed by atoms with van der Waals surface area (Å²) in [4.78, 5) is 10.8. The van der Waals surface area contributed by atoms with E-state index in [1.54, 1.807) is 4.57 Å². The van der Waals surface area contributed by atoms with Crippen molar-refractivity contribution in [2.45, 2.75) is 18.6 Å². The molecule has 2 rings (SSSR count). The third kappa shape index (κ3) is 4.34. The molecule has 24 heavy (non-hydrogen) atoms. The average molecular weight is 370 g/mol. The number of aryl methyl sites for hydroxylation is 1. The lowest BCUT2D eigenvalue weighted by Crippen LogP contribution is -2.26. The number of nitrogens with zero attached hydrogens (tertiary/aromatic N) is 4. The van der Waals surface area contributed by atoms with Crippen LogP contribution in [-0.4, -0.2) is 57.6 Å². The number of para-hydroxylation sites is 1. The van der Waals surface area contributed by atoms with Crippen molar-refractivity contribution in [1.82, 2.24) is 19.1 Å². The molecular weight excluding hydrogens is 352 g/mol. The fraction of sp³-hybridized carbons (Fsp3) is 0.357. The standard InChI is InChI=1S/C14H18N4O4S2/c1-10-6-4-5-7-11(10)18-12(8-17(2)24(3,21)22)15-16-14(18)23-9-13(19)20/h4-7H,8-9H2,1-3H3,(H,19,20). The Morgan fingerprint density at radius 3 is 2.58 bits per heavy atom. The van der Waals surface area contributed by atoms with E-state index in [1.165, 1.54) is 7.05 Å². The van der Waals surface area contributed by atoms with Crippen molar-refractivity contribution >= 4 is 27.8 Å². The Bertz CT molecular complexity index is 848. The minimum Gasteiger partial charge on any atom is -0.481 e. The molecule has 0 amide bonds. The monoisotopic (exact) mass is 370 g/mol. The van der Waals surface area contributed by atoms with Gasteiger partial charge >= 0.3 is 5.97 Å². The molecule has 130 valence electrons. The zero-order valence-corrected chi connectivity index (χ0v) is 15.1. The van der Waals surface area contributed by atoms with Gasteiger partial charge in [0.15, 0.2) is 11.0 Å². The molecule has 2 aromatic rings. The summed E-state index contributed by atoms with van der Waals surface area (Å²) in [6.45, 7) is 1.94. The van der Waals surface area contributed by atoms with Crippen LogP contribution in [0.1, 0.15) is 11.4 Å². The summed E-state index contributed by atoms with van der Waals surface area (Å²) >= 11 is 1.04. The van der Waals surface area contributed by atoms with E-state index < -0.39 is 16.0 Å². The smallest absolute Gasteiger partial charge is 0.313 e. The topological polar surface area (TPSA) is 105 Å². The van der Waals surface area contributed by atoms with Gasteiger partial charge in [0.1, 0.15) is 0 Å². The number of hydrogen-bond acceptors (Lipinski definition) is 6. The molecule has 1 heterocycles. The zero-order valence-electron chi connectivity index (χ0n) is 13.5. The predicted octanol–water partition coefficient (Wildman–Crippen LogP) is 1.14. The summed E-state index contributed by atoms with van der Waals surface area (Å²) in [7, 11) is -1.92. The van der Waals surface area contributed by atoms with Crippen molar-refractivity contribution in [1.29, 1.82) is 0 Å². The van der Waals surface area contributed by atoms with Crippen LogP contribution in [0.15, 0.2) is 29.4 Å². The molecule has 0 aliphatic heterocycles. The van der Waals surface area contributed by atoms with Gasteiger partial charge in [-0.1, -0.05) is 30.0 Å². The molecule has 8 nitrogen and oxygen atoms in total. The van der Waals surface area contributed by atoms with Gasteiger partial charge in [-0.05, 0) is 18.6 Å². The number of rotatable bonds is 7. The normalized spacial score (nSPS) is 11.8. The van der Waals surface area contributed by atoms with E-state index >= 15 is 0 Å². The predicted molar refractivity (Wildman–Crippen MR) is 90.8 cm³/mol. The minimum absolute atomic E-state index is 0.0355. The number of sulfonamides is 1. The highest BCUT2D eigenvalue weighted by molar-refractivity contribution is 7.99. The van der Waals surface area contributed by atoms with Gasteiger partial charge in [-0.15, -0.1) is 10.2 Å². The van der Waals surface area contributed by atoms with Gasteiger partial charge in [0, 0.05) is 7.05 Å². The summed E-state index contributed by atoms with van der Waals surface area (Å²) in [5, 5.41) is 17.4. The number of carboxylic acid groups (broad SMARTS) is 1. The molecule has 0 saturated carbocycles. The highest BCUT2D eigenvalue weighted by Crippen LogP contribution is 2.25. The van der Waals surface area contributed by atoms with Gasteiger partial charge in [-0.3, -0.25) is 9.36 Å². The van der Waals surface area contributed by atoms with Crippen molar-refractivity contribution < 1.29 is 18.3 Å². The molecule has 0 fully saturated rings. The highest BCUT2D eigenvalue weighted by Gasteiger charge is 2.20. The van der Waals surface area contributed by atoms with Gasteiger partial charge in [0.25, 0.3) is 0 Å². The molecule has 0 radical (unpaired) electrons. The van der Waals surface area contributed by atoms with Crippen LogP contribution in [-0.2, 0) is 21.4 Å². The van der Waals surface area contributed by atoms with E-state index in [4.69, 9.17) is 5.11 Å². The maximum absolute atomic E-state index is 11.7. The molecule has 1 aromatic heterocycles. The molecule has 10 heteroatoms. The Balaban J connectivity index is 2.48. The Hall–Kier alpha value is -1.91. The number of aliphatic carboxylic acids is 1. The molecule has 1 aromatic carbocycles. The molecular formula is C14H18N4O4S2. The maximum atomic E-state index is 11.7. The first kappa shape index (κ1) is 18.4. The second kappa shape index (κ2) is 7.32. The van der Waals surface area contributed by atoms with Crippen molar-refractivity contribution in [3.8, 4) is 5.69 Å².